The van der Waals surface area contributed by atoms with Crippen LogP contribution in [0.2, 0.25) is 0 Å². The minimum Gasteiger partial charge on any atom is -0.0880 e. The molecule has 0 rings (SSSR count). The van der Waals surface area contributed by atoms with E-state index >= 15 is 0 Å². The van der Waals surface area contributed by atoms with E-state index in [4.69, 9.17) is 0 Å². The maximum atomic E-state index is 2.48. The zero-order valence-electron chi connectivity index (χ0n) is 22.5. The van der Waals surface area contributed by atoms with Gasteiger partial charge in [-0.05, 0) is 48.3 Å². The Bertz CT molecular complexity index is 377. The van der Waals surface area contributed by atoms with Crippen LogP contribution in [0.25, 0.3) is 0 Å². The summed E-state index contributed by atoms with van der Waals surface area (Å²) in [6.07, 6.45) is 24.7. The summed E-state index contributed by atoms with van der Waals surface area (Å²) in [6, 6.07) is 0. The van der Waals surface area contributed by atoms with Crippen LogP contribution >= 0.6 is 0 Å². The molecule has 0 N–H and O–H groups in total. The van der Waals surface area contributed by atoms with Crippen molar-refractivity contribution >= 4 is 0 Å². The highest BCUT2D eigenvalue weighted by molar-refractivity contribution is 4.87. The van der Waals surface area contributed by atoms with Crippen molar-refractivity contribution < 1.29 is 0 Å². The van der Waals surface area contributed by atoms with Crippen molar-refractivity contribution in [3.8, 4) is 0 Å². The fourth-order valence-corrected chi connectivity index (χ4v) is 4.57. The zero-order valence-corrected chi connectivity index (χ0v) is 22.5. The topological polar surface area (TPSA) is 0 Å². The number of allylic oxidation sites excluding steroid dienone is 2. The monoisotopic (exact) mass is 420 g/mol. The maximum absolute atomic E-state index is 2.48. The number of rotatable bonds is 20. The second-order valence-electron chi connectivity index (χ2n) is 11.8. The summed E-state index contributed by atoms with van der Waals surface area (Å²) < 4.78 is 0. The van der Waals surface area contributed by atoms with Crippen LogP contribution in [-0.2, 0) is 0 Å². The van der Waals surface area contributed by atoms with Crippen molar-refractivity contribution in [3.63, 3.8) is 0 Å². The van der Waals surface area contributed by atoms with Crippen molar-refractivity contribution in [2.45, 2.75) is 145 Å². The molecule has 0 amide bonds. The Hall–Kier alpha value is -0.260. The van der Waals surface area contributed by atoms with Gasteiger partial charge in [-0.25, -0.2) is 0 Å². The highest BCUT2D eigenvalue weighted by atomic mass is 14.1. The first-order chi connectivity index (χ1) is 14.2. The van der Waals surface area contributed by atoms with Gasteiger partial charge in [-0.1, -0.05) is 145 Å². The molecular formula is C30H60. The molecule has 0 radical (unpaired) electrons. The van der Waals surface area contributed by atoms with Crippen LogP contribution in [0.3, 0.4) is 0 Å². The molecule has 0 fully saturated rings. The van der Waals surface area contributed by atoms with Gasteiger partial charge < -0.3 is 0 Å². The zero-order chi connectivity index (χ0) is 22.8. The fraction of sp³-hybridized carbons (Fsp3) is 0.933. The van der Waals surface area contributed by atoms with Crippen LogP contribution in [0.5, 0.6) is 0 Å². The SMILES string of the molecule is CC(C)CCCC(C)C=CCC(C)CCCCC(C)CCCC(C)CCCC(C)C. The Balaban J connectivity index is 3.63. The summed E-state index contributed by atoms with van der Waals surface area (Å²) in [5.74, 6) is 5.20. The van der Waals surface area contributed by atoms with E-state index < -0.39 is 0 Å². The summed E-state index contributed by atoms with van der Waals surface area (Å²) in [7, 11) is 0. The minimum absolute atomic E-state index is 0.759. The van der Waals surface area contributed by atoms with Crippen molar-refractivity contribution in [1.29, 1.82) is 0 Å². The molecule has 4 unspecified atom stereocenters. The number of hydrogen-bond acceptors (Lipinski definition) is 0. The van der Waals surface area contributed by atoms with Gasteiger partial charge in [0.25, 0.3) is 0 Å². The summed E-state index contributed by atoms with van der Waals surface area (Å²) in [5, 5.41) is 0. The molecule has 30 heavy (non-hydrogen) atoms. The molecule has 0 aliphatic heterocycles. The first-order valence-electron chi connectivity index (χ1n) is 13.9. The highest BCUT2D eigenvalue weighted by Gasteiger charge is 2.07. The van der Waals surface area contributed by atoms with Gasteiger partial charge in [-0.2, -0.15) is 0 Å². The lowest BCUT2D eigenvalue weighted by Gasteiger charge is -2.15. The molecular weight excluding hydrogens is 360 g/mol. The van der Waals surface area contributed by atoms with Gasteiger partial charge in [0, 0.05) is 0 Å². The molecule has 4 atom stereocenters. The van der Waals surface area contributed by atoms with Crippen molar-refractivity contribution in [2.24, 2.45) is 35.5 Å². The molecule has 0 spiro atoms. The van der Waals surface area contributed by atoms with Crippen molar-refractivity contribution in [1.82, 2.24) is 0 Å². The summed E-state index contributed by atoms with van der Waals surface area (Å²) in [6.45, 7) is 19.1. The Morgan fingerprint density at radius 1 is 0.433 bits per heavy atom. The van der Waals surface area contributed by atoms with Crippen molar-refractivity contribution in [2.75, 3.05) is 0 Å². The highest BCUT2D eigenvalue weighted by Crippen LogP contribution is 2.23. The second-order valence-corrected chi connectivity index (χ2v) is 11.8. The lowest BCUT2D eigenvalue weighted by molar-refractivity contribution is 0.381. The van der Waals surface area contributed by atoms with Gasteiger partial charge >= 0.3 is 0 Å². The lowest BCUT2D eigenvalue weighted by Crippen LogP contribution is -2.00. The molecule has 0 aliphatic carbocycles. The van der Waals surface area contributed by atoms with Crippen LogP contribution < -0.4 is 0 Å². The maximum Gasteiger partial charge on any atom is -0.0262 e. The van der Waals surface area contributed by atoms with E-state index in [2.05, 4.69) is 67.5 Å². The molecule has 0 heterocycles. The molecule has 0 saturated heterocycles. The Kier molecular flexibility index (Phi) is 19.3. The van der Waals surface area contributed by atoms with Gasteiger partial charge in [0.1, 0.15) is 0 Å². The predicted octanol–water partition coefficient (Wildman–Crippen LogP) is 10.9. The molecule has 0 aromatic heterocycles. The van der Waals surface area contributed by atoms with E-state index in [1.54, 1.807) is 0 Å². The largest absolute Gasteiger partial charge is 0.0880 e. The first-order valence-corrected chi connectivity index (χ1v) is 13.9. The molecule has 180 valence electrons. The Morgan fingerprint density at radius 3 is 1.33 bits per heavy atom. The van der Waals surface area contributed by atoms with E-state index in [9.17, 15) is 0 Å². The quantitative estimate of drug-likeness (QED) is 0.136. The lowest BCUT2D eigenvalue weighted by atomic mass is 9.91. The fourth-order valence-electron chi connectivity index (χ4n) is 4.57. The van der Waals surface area contributed by atoms with Gasteiger partial charge in [-0.15, -0.1) is 0 Å². The molecule has 0 aromatic rings. The average Bonchev–Trinajstić information content (AvgIpc) is 2.64. The van der Waals surface area contributed by atoms with Crippen LogP contribution in [0, 0.1) is 35.5 Å². The van der Waals surface area contributed by atoms with E-state index in [0.29, 0.717) is 0 Å². The molecule has 0 aromatic carbocycles. The molecule has 0 aliphatic rings. The average molecular weight is 421 g/mol. The summed E-state index contributed by atoms with van der Waals surface area (Å²) in [4.78, 5) is 0. The third-order valence-electron chi connectivity index (χ3n) is 6.96. The van der Waals surface area contributed by atoms with Crippen molar-refractivity contribution in [3.05, 3.63) is 12.2 Å². The molecule has 0 bridgehead atoms. The number of unbranched alkanes of at least 4 members (excludes halogenated alkanes) is 1. The molecule has 0 heteroatoms. The standard InChI is InChI=1S/C30H60/c1-25(2)15-11-19-29(7)23-13-21-27(5)17-9-10-18-28(6)22-14-24-30(8)20-12-16-26(3)4/h13,23,25-30H,9-12,14-22,24H2,1-8H3. The molecule has 0 nitrogen and oxygen atoms in total. The second kappa shape index (κ2) is 19.4. The summed E-state index contributed by atoms with van der Waals surface area (Å²) >= 11 is 0. The normalized spacial score (nSPS) is 16.5. The van der Waals surface area contributed by atoms with Gasteiger partial charge in [-0.3, -0.25) is 0 Å². The summed E-state index contributed by atoms with van der Waals surface area (Å²) in [5.41, 5.74) is 0. The van der Waals surface area contributed by atoms with E-state index in [0.717, 1.165) is 35.5 Å². The Labute approximate surface area is 193 Å². The van der Waals surface area contributed by atoms with E-state index in [-0.39, 0.29) is 0 Å². The molecule has 0 saturated carbocycles. The third kappa shape index (κ3) is 21.0. The van der Waals surface area contributed by atoms with Crippen LogP contribution in [0.15, 0.2) is 12.2 Å². The minimum atomic E-state index is 0.759. The van der Waals surface area contributed by atoms with Crippen LogP contribution in [0.4, 0.5) is 0 Å². The van der Waals surface area contributed by atoms with Gasteiger partial charge in [0.2, 0.25) is 0 Å². The van der Waals surface area contributed by atoms with Gasteiger partial charge in [0.05, 0.1) is 0 Å². The Morgan fingerprint density at radius 2 is 0.833 bits per heavy atom. The van der Waals surface area contributed by atoms with E-state index in [1.165, 1.54) is 89.9 Å². The first kappa shape index (κ1) is 29.7. The van der Waals surface area contributed by atoms with Gasteiger partial charge in [0.15, 0.2) is 0 Å². The van der Waals surface area contributed by atoms with Crippen LogP contribution in [0.1, 0.15) is 145 Å². The third-order valence-corrected chi connectivity index (χ3v) is 6.96. The predicted molar refractivity (Wildman–Crippen MR) is 140 cm³/mol. The number of hydrogen-bond donors (Lipinski definition) is 0. The van der Waals surface area contributed by atoms with E-state index in [1.807, 2.05) is 0 Å². The van der Waals surface area contributed by atoms with Crippen LogP contribution in [-0.4, -0.2) is 0 Å². The smallest absolute Gasteiger partial charge is 0.0262 e.